The molecule has 0 aromatic heterocycles. The van der Waals surface area contributed by atoms with Crippen molar-refractivity contribution in [1.82, 2.24) is 0 Å². The average molecular weight is 351 g/mol. The van der Waals surface area contributed by atoms with Gasteiger partial charge < -0.3 is 14.9 Å². The summed E-state index contributed by atoms with van der Waals surface area (Å²) >= 11 is 0. The number of carbonyl (C=O) groups is 1. The SMILES string of the molecule is O=C(Nc1ccccc1)O[C@@H](CCCO)c1ccc(O)c2ccccc12. The number of rotatable bonds is 6. The summed E-state index contributed by atoms with van der Waals surface area (Å²) < 4.78 is 5.65. The lowest BCUT2D eigenvalue weighted by Gasteiger charge is -2.20. The molecule has 0 aliphatic heterocycles. The van der Waals surface area contributed by atoms with Gasteiger partial charge in [-0.1, -0.05) is 48.5 Å². The Morgan fingerprint density at radius 1 is 0.962 bits per heavy atom. The number of phenols is 1. The van der Waals surface area contributed by atoms with Gasteiger partial charge in [-0.05, 0) is 36.4 Å². The van der Waals surface area contributed by atoms with Gasteiger partial charge in [0.25, 0.3) is 0 Å². The fourth-order valence-corrected chi connectivity index (χ4v) is 2.94. The number of carbonyl (C=O) groups excluding carboxylic acids is 1. The molecule has 0 saturated carbocycles. The molecule has 26 heavy (non-hydrogen) atoms. The number of amides is 1. The van der Waals surface area contributed by atoms with Crippen LogP contribution in [0.25, 0.3) is 10.8 Å². The van der Waals surface area contributed by atoms with Crippen LogP contribution in [0.15, 0.2) is 66.7 Å². The van der Waals surface area contributed by atoms with Gasteiger partial charge in [0.05, 0.1) is 0 Å². The van der Waals surface area contributed by atoms with Crippen LogP contribution >= 0.6 is 0 Å². The van der Waals surface area contributed by atoms with Crippen LogP contribution in [0.4, 0.5) is 10.5 Å². The summed E-state index contributed by atoms with van der Waals surface area (Å²) in [6.45, 7) is 0.0101. The number of benzene rings is 3. The highest BCUT2D eigenvalue weighted by Gasteiger charge is 2.20. The summed E-state index contributed by atoms with van der Waals surface area (Å²) in [5.74, 6) is 0.180. The topological polar surface area (TPSA) is 78.8 Å². The van der Waals surface area contributed by atoms with E-state index in [4.69, 9.17) is 4.74 Å². The number of ether oxygens (including phenoxy) is 1. The van der Waals surface area contributed by atoms with Crippen molar-refractivity contribution < 1.29 is 19.7 Å². The first-order chi connectivity index (χ1) is 12.7. The molecule has 0 fully saturated rings. The number of aromatic hydroxyl groups is 1. The van der Waals surface area contributed by atoms with E-state index in [1.165, 1.54) is 0 Å². The third kappa shape index (κ3) is 4.13. The Morgan fingerprint density at radius 2 is 1.65 bits per heavy atom. The van der Waals surface area contributed by atoms with Crippen LogP contribution < -0.4 is 5.32 Å². The zero-order chi connectivity index (χ0) is 18.4. The lowest BCUT2D eigenvalue weighted by molar-refractivity contribution is 0.100. The van der Waals surface area contributed by atoms with Crippen molar-refractivity contribution in [2.75, 3.05) is 11.9 Å². The van der Waals surface area contributed by atoms with Crippen LogP contribution in [-0.2, 0) is 4.74 Å². The van der Waals surface area contributed by atoms with Crippen molar-refractivity contribution >= 4 is 22.6 Å². The maximum Gasteiger partial charge on any atom is 0.412 e. The van der Waals surface area contributed by atoms with Crippen LogP contribution in [0.3, 0.4) is 0 Å². The molecule has 0 aliphatic carbocycles. The molecule has 5 heteroatoms. The molecule has 134 valence electrons. The maximum atomic E-state index is 12.3. The highest BCUT2D eigenvalue weighted by atomic mass is 16.6. The first-order valence-electron chi connectivity index (χ1n) is 8.53. The van der Waals surface area contributed by atoms with Crippen molar-refractivity contribution in [3.8, 4) is 5.75 Å². The molecule has 0 saturated heterocycles. The lowest BCUT2D eigenvalue weighted by Crippen LogP contribution is -2.18. The normalized spacial score (nSPS) is 11.9. The molecule has 3 aromatic carbocycles. The van der Waals surface area contributed by atoms with Gasteiger partial charge in [0.1, 0.15) is 11.9 Å². The minimum atomic E-state index is -0.559. The van der Waals surface area contributed by atoms with E-state index in [-0.39, 0.29) is 12.4 Å². The molecule has 0 unspecified atom stereocenters. The van der Waals surface area contributed by atoms with E-state index in [0.717, 1.165) is 10.9 Å². The molecule has 3 N–H and O–H groups in total. The Bertz CT molecular complexity index is 880. The maximum absolute atomic E-state index is 12.3. The molecule has 5 nitrogen and oxygen atoms in total. The molecule has 3 aromatic rings. The summed E-state index contributed by atoms with van der Waals surface area (Å²) in [5, 5.41) is 23.5. The summed E-state index contributed by atoms with van der Waals surface area (Å²) in [4.78, 5) is 12.3. The van der Waals surface area contributed by atoms with Gasteiger partial charge in [0, 0.05) is 23.2 Å². The molecule has 0 heterocycles. The highest BCUT2D eigenvalue weighted by Crippen LogP contribution is 2.34. The number of fused-ring (bicyclic) bond motifs is 1. The third-order valence-electron chi connectivity index (χ3n) is 4.18. The van der Waals surface area contributed by atoms with Gasteiger partial charge in [-0.3, -0.25) is 5.32 Å². The molecular weight excluding hydrogens is 330 g/mol. The Labute approximate surface area is 151 Å². The Hall–Kier alpha value is -3.05. The summed E-state index contributed by atoms with van der Waals surface area (Å²) in [5.41, 5.74) is 1.45. The van der Waals surface area contributed by atoms with Crippen LogP contribution in [-0.4, -0.2) is 22.9 Å². The predicted molar refractivity (Wildman–Crippen MR) is 101 cm³/mol. The third-order valence-corrected chi connectivity index (χ3v) is 4.18. The molecule has 0 radical (unpaired) electrons. The second-order valence-corrected chi connectivity index (χ2v) is 5.97. The monoisotopic (exact) mass is 351 g/mol. The number of hydrogen-bond acceptors (Lipinski definition) is 4. The van der Waals surface area contributed by atoms with Gasteiger partial charge in [0.15, 0.2) is 0 Å². The minimum Gasteiger partial charge on any atom is -0.507 e. The molecule has 0 bridgehead atoms. The number of para-hydroxylation sites is 1. The Kier molecular flexibility index (Phi) is 5.71. The Balaban J connectivity index is 1.86. The number of aliphatic hydroxyl groups is 1. The Morgan fingerprint density at radius 3 is 2.38 bits per heavy atom. The van der Waals surface area contributed by atoms with Crippen LogP contribution in [0, 0.1) is 0 Å². The van der Waals surface area contributed by atoms with E-state index in [1.807, 2.05) is 42.5 Å². The van der Waals surface area contributed by atoms with Crippen molar-refractivity contribution in [1.29, 1.82) is 0 Å². The predicted octanol–water partition coefficient (Wildman–Crippen LogP) is 4.61. The zero-order valence-corrected chi connectivity index (χ0v) is 14.3. The van der Waals surface area contributed by atoms with Crippen LogP contribution in [0.5, 0.6) is 5.75 Å². The van der Waals surface area contributed by atoms with Crippen molar-refractivity contribution in [3.05, 3.63) is 72.3 Å². The van der Waals surface area contributed by atoms with Gasteiger partial charge >= 0.3 is 6.09 Å². The van der Waals surface area contributed by atoms with Crippen molar-refractivity contribution in [2.24, 2.45) is 0 Å². The number of aliphatic hydroxyl groups excluding tert-OH is 1. The average Bonchev–Trinajstić information content (AvgIpc) is 2.67. The first-order valence-corrected chi connectivity index (χ1v) is 8.53. The van der Waals surface area contributed by atoms with Crippen molar-refractivity contribution in [2.45, 2.75) is 18.9 Å². The summed E-state index contributed by atoms with van der Waals surface area (Å²) in [6, 6.07) is 19.9. The quantitative estimate of drug-likeness (QED) is 0.606. The molecule has 3 rings (SSSR count). The molecule has 0 aliphatic rings. The van der Waals surface area contributed by atoms with Crippen LogP contribution in [0.1, 0.15) is 24.5 Å². The second-order valence-electron chi connectivity index (χ2n) is 5.97. The van der Waals surface area contributed by atoms with E-state index < -0.39 is 12.2 Å². The van der Waals surface area contributed by atoms with E-state index in [0.29, 0.717) is 23.9 Å². The summed E-state index contributed by atoms with van der Waals surface area (Å²) in [6.07, 6.45) is -0.112. The first kappa shape index (κ1) is 17.8. The van der Waals surface area contributed by atoms with E-state index in [9.17, 15) is 15.0 Å². The van der Waals surface area contributed by atoms with Crippen molar-refractivity contribution in [3.63, 3.8) is 0 Å². The second kappa shape index (κ2) is 8.36. The van der Waals surface area contributed by atoms with E-state index in [2.05, 4.69) is 5.32 Å². The smallest absolute Gasteiger partial charge is 0.412 e. The highest BCUT2D eigenvalue weighted by molar-refractivity contribution is 5.91. The summed E-state index contributed by atoms with van der Waals surface area (Å²) in [7, 11) is 0. The number of anilines is 1. The lowest BCUT2D eigenvalue weighted by atomic mass is 9.97. The number of phenolic OH excluding ortho intramolecular Hbond substituents is 1. The fraction of sp³-hybridized carbons (Fsp3) is 0.190. The minimum absolute atomic E-state index is 0.0101. The molecule has 1 amide bonds. The van der Waals surface area contributed by atoms with Crippen LogP contribution in [0.2, 0.25) is 0 Å². The molecule has 1 atom stereocenters. The van der Waals surface area contributed by atoms with Gasteiger partial charge in [-0.25, -0.2) is 4.79 Å². The molecular formula is C21H21NO4. The van der Waals surface area contributed by atoms with Gasteiger partial charge in [-0.2, -0.15) is 0 Å². The van der Waals surface area contributed by atoms with Gasteiger partial charge in [-0.15, -0.1) is 0 Å². The molecule has 0 spiro atoms. The van der Waals surface area contributed by atoms with E-state index in [1.54, 1.807) is 24.3 Å². The number of hydrogen-bond donors (Lipinski definition) is 3. The number of nitrogens with one attached hydrogen (secondary N) is 1. The largest absolute Gasteiger partial charge is 0.507 e. The van der Waals surface area contributed by atoms with Gasteiger partial charge in [0.2, 0.25) is 0 Å². The van der Waals surface area contributed by atoms with E-state index >= 15 is 0 Å². The fourth-order valence-electron chi connectivity index (χ4n) is 2.94. The zero-order valence-electron chi connectivity index (χ0n) is 14.3. The standard InChI is InChI=1S/C21H21NO4/c23-14-6-11-20(26-21(25)22-15-7-2-1-3-8-15)18-12-13-19(24)17-10-5-4-9-16(17)18/h1-5,7-10,12-13,20,23-24H,6,11,14H2,(H,22,25)/t20-/m0/s1.